The third-order valence-corrected chi connectivity index (χ3v) is 8.50. The largest absolute Gasteiger partial charge is 0.504 e. The van der Waals surface area contributed by atoms with Gasteiger partial charge < -0.3 is 19.8 Å². The zero-order valence-corrected chi connectivity index (χ0v) is 19.4. The number of piperidine rings is 1. The number of ether oxygens (including phenoxy) is 1. The van der Waals surface area contributed by atoms with Crippen LogP contribution in [0.2, 0.25) is 0 Å². The van der Waals surface area contributed by atoms with Crippen molar-refractivity contribution in [2.24, 2.45) is 0 Å². The quantitative estimate of drug-likeness (QED) is 0.614. The van der Waals surface area contributed by atoms with E-state index < -0.39 is 17.1 Å². The summed E-state index contributed by atoms with van der Waals surface area (Å²) in [4.78, 5) is 18.4. The van der Waals surface area contributed by atoms with Crippen LogP contribution in [0, 0.1) is 0 Å². The van der Waals surface area contributed by atoms with Crippen LogP contribution < -0.4 is 9.64 Å². The zero-order valence-electron chi connectivity index (χ0n) is 19.4. The van der Waals surface area contributed by atoms with E-state index in [-0.39, 0.29) is 17.6 Å². The van der Waals surface area contributed by atoms with Crippen molar-refractivity contribution in [2.45, 2.75) is 36.0 Å². The fraction of sp³-hybridized carbons (Fsp3) is 0.276. The molecule has 1 unspecified atom stereocenters. The first-order valence-electron chi connectivity index (χ1n) is 12.1. The van der Waals surface area contributed by atoms with E-state index in [9.17, 15) is 15.0 Å². The summed E-state index contributed by atoms with van der Waals surface area (Å²) in [6.07, 6.45) is 2.05. The van der Waals surface area contributed by atoms with Crippen molar-refractivity contribution in [3.05, 3.63) is 95.7 Å². The zero-order chi connectivity index (χ0) is 23.9. The maximum absolute atomic E-state index is 14.3. The lowest BCUT2D eigenvalue weighted by atomic mass is 9.50. The Labute approximate surface area is 203 Å². The molecule has 4 atom stereocenters. The van der Waals surface area contributed by atoms with Crippen molar-refractivity contribution in [1.29, 1.82) is 0 Å². The highest BCUT2D eigenvalue weighted by atomic mass is 16.5. The minimum absolute atomic E-state index is 0.0181. The Kier molecular flexibility index (Phi) is 4.13. The number of likely N-dealkylation sites (tertiary alicyclic amines) is 1. The summed E-state index contributed by atoms with van der Waals surface area (Å²) >= 11 is 0. The van der Waals surface area contributed by atoms with Crippen molar-refractivity contribution in [3.8, 4) is 11.5 Å². The smallest absolute Gasteiger partial charge is 0.220 e. The predicted molar refractivity (Wildman–Crippen MR) is 132 cm³/mol. The van der Waals surface area contributed by atoms with Gasteiger partial charge in [0.15, 0.2) is 17.6 Å². The standard InChI is InChI=1S/C29H26N2O4/c1-30-15-14-28-24-18-12-13-22(32)26(24)35-27(28)25(33)21(17-29(28,34)23(30)16-18)31(19-8-4-2-5-9-19)20-10-6-3-7-11-20/h2-13,17,23,27,32,34H,14-16H2,1H3/t23?,27-,28-,29+/m0/s1. The highest BCUT2D eigenvalue weighted by Gasteiger charge is 2.73. The normalized spacial score (nSPS) is 30.3. The first kappa shape index (κ1) is 20.7. The summed E-state index contributed by atoms with van der Waals surface area (Å²) in [5, 5.41) is 23.4. The van der Waals surface area contributed by atoms with E-state index in [2.05, 4.69) is 4.90 Å². The van der Waals surface area contributed by atoms with Crippen LogP contribution in [-0.4, -0.2) is 52.2 Å². The molecule has 1 fully saturated rings. The van der Waals surface area contributed by atoms with Crippen LogP contribution in [-0.2, 0) is 16.6 Å². The number of likely N-dealkylation sites (N-methyl/N-ethyl adjacent to an activating group) is 1. The van der Waals surface area contributed by atoms with E-state index in [1.165, 1.54) is 0 Å². The van der Waals surface area contributed by atoms with E-state index in [0.717, 1.165) is 29.0 Å². The van der Waals surface area contributed by atoms with E-state index in [1.54, 1.807) is 12.1 Å². The van der Waals surface area contributed by atoms with Gasteiger partial charge in [-0.2, -0.15) is 0 Å². The molecule has 4 aliphatic rings. The Morgan fingerprint density at radius 3 is 2.31 bits per heavy atom. The molecular formula is C29H26N2O4. The molecule has 0 saturated carbocycles. The number of aromatic hydroxyl groups is 1. The van der Waals surface area contributed by atoms with Gasteiger partial charge in [-0.05, 0) is 68.4 Å². The highest BCUT2D eigenvalue weighted by Crippen LogP contribution is 2.64. The van der Waals surface area contributed by atoms with Crippen molar-refractivity contribution in [3.63, 3.8) is 0 Å². The minimum atomic E-state index is -1.35. The molecule has 3 aromatic carbocycles. The molecular weight excluding hydrogens is 440 g/mol. The summed E-state index contributed by atoms with van der Waals surface area (Å²) in [6.45, 7) is 0.735. The fourth-order valence-corrected chi connectivity index (χ4v) is 6.94. The number of rotatable bonds is 3. The molecule has 0 aromatic heterocycles. The number of phenols is 1. The molecule has 2 aliphatic heterocycles. The number of para-hydroxylation sites is 2. The molecule has 2 heterocycles. The van der Waals surface area contributed by atoms with Gasteiger partial charge in [0.2, 0.25) is 5.78 Å². The number of Topliss-reactive ketones (excluding diaryl/α,β-unsaturated/α-hetero) is 1. The van der Waals surface area contributed by atoms with Crippen molar-refractivity contribution in [1.82, 2.24) is 4.90 Å². The number of aliphatic hydroxyl groups is 1. The number of nitrogens with zero attached hydrogens (tertiary/aromatic N) is 2. The number of anilines is 2. The molecule has 0 radical (unpaired) electrons. The molecule has 1 saturated heterocycles. The summed E-state index contributed by atoms with van der Waals surface area (Å²) in [6, 6.07) is 22.8. The second kappa shape index (κ2) is 6.97. The Morgan fingerprint density at radius 1 is 1.00 bits per heavy atom. The van der Waals surface area contributed by atoms with Gasteiger partial charge in [-0.1, -0.05) is 42.5 Å². The number of phenolic OH excluding ortho intramolecular Hbond substituents is 1. The number of hydrogen-bond acceptors (Lipinski definition) is 6. The lowest BCUT2D eigenvalue weighted by Gasteiger charge is -2.60. The minimum Gasteiger partial charge on any atom is -0.504 e. The Morgan fingerprint density at radius 2 is 1.66 bits per heavy atom. The van der Waals surface area contributed by atoms with Crippen LogP contribution in [0.3, 0.4) is 0 Å². The molecule has 3 aromatic rings. The number of carbonyl (C=O) groups is 1. The van der Waals surface area contributed by atoms with Crippen LogP contribution >= 0.6 is 0 Å². The molecule has 2 N–H and O–H groups in total. The van der Waals surface area contributed by atoms with Crippen molar-refractivity contribution >= 4 is 17.2 Å². The third-order valence-electron chi connectivity index (χ3n) is 8.50. The van der Waals surface area contributed by atoms with Gasteiger partial charge in [0.25, 0.3) is 0 Å². The fourth-order valence-electron chi connectivity index (χ4n) is 6.94. The molecule has 1 spiro atoms. The van der Waals surface area contributed by atoms with Gasteiger partial charge in [0.1, 0.15) is 5.60 Å². The summed E-state index contributed by atoms with van der Waals surface area (Å²) in [5.41, 5.74) is 1.62. The van der Waals surface area contributed by atoms with Gasteiger partial charge in [-0.25, -0.2) is 0 Å². The van der Waals surface area contributed by atoms with Gasteiger partial charge in [-0.15, -0.1) is 0 Å². The molecule has 35 heavy (non-hydrogen) atoms. The maximum atomic E-state index is 14.3. The number of carbonyl (C=O) groups excluding carboxylic acids is 1. The second-order valence-electron chi connectivity index (χ2n) is 10.1. The number of benzene rings is 3. The monoisotopic (exact) mass is 466 g/mol. The molecule has 7 rings (SSSR count). The van der Waals surface area contributed by atoms with Crippen LogP contribution in [0.4, 0.5) is 11.4 Å². The van der Waals surface area contributed by atoms with Gasteiger partial charge >= 0.3 is 0 Å². The topological polar surface area (TPSA) is 73.2 Å². The average molecular weight is 467 g/mol. The van der Waals surface area contributed by atoms with E-state index in [4.69, 9.17) is 4.74 Å². The maximum Gasteiger partial charge on any atom is 0.220 e. The molecule has 0 amide bonds. The van der Waals surface area contributed by atoms with E-state index in [1.807, 2.05) is 78.7 Å². The number of ketones is 1. The van der Waals surface area contributed by atoms with Gasteiger partial charge in [0, 0.05) is 23.0 Å². The van der Waals surface area contributed by atoms with Crippen LogP contribution in [0.25, 0.3) is 0 Å². The van der Waals surface area contributed by atoms with E-state index in [0.29, 0.717) is 24.3 Å². The Balaban J connectivity index is 1.50. The second-order valence-corrected chi connectivity index (χ2v) is 10.1. The predicted octanol–water partition coefficient (Wildman–Crippen LogP) is 3.69. The van der Waals surface area contributed by atoms with E-state index >= 15 is 0 Å². The Bertz CT molecular complexity index is 1350. The first-order valence-corrected chi connectivity index (χ1v) is 12.1. The molecule has 176 valence electrons. The highest BCUT2D eigenvalue weighted by molar-refractivity contribution is 6.07. The van der Waals surface area contributed by atoms with Gasteiger partial charge in [0.05, 0.1) is 11.1 Å². The molecule has 2 aliphatic carbocycles. The van der Waals surface area contributed by atoms with Crippen LogP contribution in [0.5, 0.6) is 11.5 Å². The Hall–Kier alpha value is -3.61. The van der Waals surface area contributed by atoms with Crippen molar-refractivity contribution in [2.75, 3.05) is 18.5 Å². The average Bonchev–Trinajstić information content (AvgIpc) is 3.23. The van der Waals surface area contributed by atoms with Gasteiger partial charge in [-0.3, -0.25) is 9.69 Å². The molecule has 6 nitrogen and oxygen atoms in total. The number of hydrogen-bond donors (Lipinski definition) is 2. The molecule has 6 heteroatoms. The first-order chi connectivity index (χ1) is 17.0. The summed E-state index contributed by atoms with van der Waals surface area (Å²) < 4.78 is 6.33. The lowest BCUT2D eigenvalue weighted by Crippen LogP contribution is -2.75. The SMILES string of the molecule is CN1CC[C@]23c4c5ccc(O)c4O[C@H]2C(=O)C(N(c2ccccc2)c2ccccc2)=C[C@@]3(O)C1C5. The summed E-state index contributed by atoms with van der Waals surface area (Å²) in [5.74, 6) is 0.182. The van der Waals surface area contributed by atoms with Crippen molar-refractivity contribution < 1.29 is 19.7 Å². The lowest BCUT2D eigenvalue weighted by molar-refractivity contribution is -0.153. The van der Waals surface area contributed by atoms with Crippen LogP contribution in [0.1, 0.15) is 17.5 Å². The van der Waals surface area contributed by atoms with Crippen LogP contribution in [0.15, 0.2) is 84.6 Å². The summed E-state index contributed by atoms with van der Waals surface area (Å²) in [7, 11) is 2.03. The third kappa shape index (κ3) is 2.48. The molecule has 2 bridgehead atoms.